The lowest BCUT2D eigenvalue weighted by molar-refractivity contribution is 0.178. The Morgan fingerprint density at radius 2 is 1.76 bits per heavy atom. The number of pyridine rings is 1. The average Bonchev–Trinajstić information content (AvgIpc) is 2.62. The van der Waals surface area contributed by atoms with Gasteiger partial charge in [0.05, 0.1) is 11.1 Å². The Bertz CT molecular complexity index is 502. The molecule has 17 heavy (non-hydrogen) atoms. The molecule has 0 spiro atoms. The van der Waals surface area contributed by atoms with E-state index in [4.69, 9.17) is 0 Å². The van der Waals surface area contributed by atoms with Crippen LogP contribution < -0.4 is 0 Å². The van der Waals surface area contributed by atoms with Crippen LogP contribution in [0.15, 0.2) is 17.5 Å². The van der Waals surface area contributed by atoms with Crippen LogP contribution in [0.3, 0.4) is 0 Å². The third-order valence-electron chi connectivity index (χ3n) is 2.52. The summed E-state index contributed by atoms with van der Waals surface area (Å²) in [4.78, 5) is 8.67. The van der Waals surface area contributed by atoms with Crippen LogP contribution in [0.25, 0.3) is 0 Å². The molecule has 0 aliphatic carbocycles. The van der Waals surface area contributed by atoms with Crippen molar-refractivity contribution in [3.8, 4) is 0 Å². The van der Waals surface area contributed by atoms with Gasteiger partial charge in [0.1, 0.15) is 0 Å². The van der Waals surface area contributed by atoms with E-state index in [1.165, 1.54) is 0 Å². The summed E-state index contributed by atoms with van der Waals surface area (Å²) >= 11 is 1.59. The molecule has 0 aliphatic rings. The van der Waals surface area contributed by atoms with Gasteiger partial charge in [0, 0.05) is 28.9 Å². The van der Waals surface area contributed by atoms with Gasteiger partial charge in [-0.2, -0.15) is 0 Å². The number of aryl methyl sites for hydroxylation is 3. The van der Waals surface area contributed by atoms with Gasteiger partial charge in [-0.1, -0.05) is 0 Å². The maximum atomic E-state index is 10.2. The number of aromatic nitrogens is 2. The third kappa shape index (κ3) is 3.11. The van der Waals surface area contributed by atoms with Crippen molar-refractivity contribution in [3.05, 3.63) is 45.2 Å². The van der Waals surface area contributed by atoms with E-state index in [0.717, 1.165) is 27.7 Å². The van der Waals surface area contributed by atoms with Gasteiger partial charge in [0.2, 0.25) is 0 Å². The third-order valence-corrected chi connectivity index (χ3v) is 3.51. The first kappa shape index (κ1) is 12.2. The minimum absolute atomic E-state index is 0.499. The first-order valence-electron chi connectivity index (χ1n) is 5.59. The highest BCUT2D eigenvalue weighted by atomic mass is 32.1. The SMILES string of the molecule is Cc1cc(C(O)Cc2nc(C)cs2)cc(C)n1. The van der Waals surface area contributed by atoms with Crippen molar-refractivity contribution in [2.24, 2.45) is 0 Å². The van der Waals surface area contributed by atoms with Gasteiger partial charge in [-0.3, -0.25) is 4.98 Å². The molecule has 0 saturated heterocycles. The molecule has 1 unspecified atom stereocenters. The Labute approximate surface area is 105 Å². The van der Waals surface area contributed by atoms with E-state index >= 15 is 0 Å². The Balaban J connectivity index is 2.16. The zero-order chi connectivity index (χ0) is 12.4. The quantitative estimate of drug-likeness (QED) is 0.908. The maximum Gasteiger partial charge on any atom is 0.0957 e. The molecule has 1 N–H and O–H groups in total. The molecule has 2 aromatic heterocycles. The lowest BCUT2D eigenvalue weighted by Crippen LogP contribution is -2.03. The highest BCUT2D eigenvalue weighted by Crippen LogP contribution is 2.21. The van der Waals surface area contributed by atoms with E-state index in [0.29, 0.717) is 6.42 Å². The van der Waals surface area contributed by atoms with Gasteiger partial charge in [0.15, 0.2) is 0 Å². The topological polar surface area (TPSA) is 46.0 Å². The van der Waals surface area contributed by atoms with E-state index in [1.54, 1.807) is 11.3 Å². The number of hydrogen-bond acceptors (Lipinski definition) is 4. The van der Waals surface area contributed by atoms with Crippen molar-refractivity contribution in [2.45, 2.75) is 33.3 Å². The van der Waals surface area contributed by atoms with Gasteiger partial charge in [-0.25, -0.2) is 4.98 Å². The standard InChI is InChI=1S/C13H16N2OS/c1-8-4-11(5-9(2)14-8)12(16)6-13-15-10(3)7-17-13/h4-5,7,12,16H,6H2,1-3H3. The fraction of sp³-hybridized carbons (Fsp3) is 0.385. The second-order valence-electron chi connectivity index (χ2n) is 4.29. The molecule has 0 radical (unpaired) electrons. The van der Waals surface area contributed by atoms with E-state index in [9.17, 15) is 5.11 Å². The van der Waals surface area contributed by atoms with E-state index in [2.05, 4.69) is 9.97 Å². The summed E-state index contributed by atoms with van der Waals surface area (Å²) in [7, 11) is 0. The first-order chi connectivity index (χ1) is 8.04. The molecule has 90 valence electrons. The largest absolute Gasteiger partial charge is 0.388 e. The first-order valence-corrected chi connectivity index (χ1v) is 6.47. The predicted octanol–water partition coefficient (Wildman–Crippen LogP) is 2.74. The fourth-order valence-corrected chi connectivity index (χ4v) is 2.65. The highest BCUT2D eigenvalue weighted by molar-refractivity contribution is 7.09. The molecule has 3 nitrogen and oxygen atoms in total. The summed E-state index contributed by atoms with van der Waals surface area (Å²) in [5.41, 5.74) is 3.81. The van der Waals surface area contributed by atoms with Crippen LogP contribution >= 0.6 is 11.3 Å². The molecular formula is C13H16N2OS. The number of nitrogens with zero attached hydrogens (tertiary/aromatic N) is 2. The molecule has 4 heteroatoms. The van der Waals surface area contributed by atoms with Crippen molar-refractivity contribution >= 4 is 11.3 Å². The molecule has 2 rings (SSSR count). The minimum atomic E-state index is -0.499. The number of hydrogen-bond donors (Lipinski definition) is 1. The summed E-state index contributed by atoms with van der Waals surface area (Å²) in [6, 6.07) is 3.86. The molecule has 0 aliphatic heterocycles. The Hall–Kier alpha value is -1.26. The zero-order valence-electron chi connectivity index (χ0n) is 10.3. The van der Waals surface area contributed by atoms with Crippen LogP contribution in [-0.2, 0) is 6.42 Å². The highest BCUT2D eigenvalue weighted by Gasteiger charge is 2.12. The Morgan fingerprint density at radius 3 is 2.29 bits per heavy atom. The summed E-state index contributed by atoms with van der Waals surface area (Å²) < 4.78 is 0. The second-order valence-corrected chi connectivity index (χ2v) is 5.23. The van der Waals surface area contributed by atoms with Crippen molar-refractivity contribution in [1.29, 1.82) is 0 Å². The van der Waals surface area contributed by atoms with Gasteiger partial charge in [-0.15, -0.1) is 11.3 Å². The molecule has 0 saturated carbocycles. The summed E-state index contributed by atoms with van der Waals surface area (Å²) in [5, 5.41) is 13.2. The van der Waals surface area contributed by atoms with Crippen LogP contribution in [0.4, 0.5) is 0 Å². The lowest BCUT2D eigenvalue weighted by Gasteiger charge is -2.10. The number of aliphatic hydroxyl groups excluding tert-OH is 1. The van der Waals surface area contributed by atoms with Crippen LogP contribution in [-0.4, -0.2) is 15.1 Å². The van der Waals surface area contributed by atoms with Crippen LogP contribution in [0.1, 0.15) is 33.8 Å². The zero-order valence-corrected chi connectivity index (χ0v) is 11.1. The molecule has 0 bridgehead atoms. The summed E-state index contributed by atoms with van der Waals surface area (Å²) in [5.74, 6) is 0. The van der Waals surface area contributed by atoms with Crippen molar-refractivity contribution in [2.75, 3.05) is 0 Å². The molecule has 1 atom stereocenters. The number of aliphatic hydroxyl groups is 1. The molecule has 0 aromatic carbocycles. The average molecular weight is 248 g/mol. The monoisotopic (exact) mass is 248 g/mol. The lowest BCUT2D eigenvalue weighted by atomic mass is 10.1. The smallest absolute Gasteiger partial charge is 0.0957 e. The Kier molecular flexibility index (Phi) is 3.54. The fourth-order valence-electron chi connectivity index (χ4n) is 1.84. The molecular weight excluding hydrogens is 232 g/mol. The van der Waals surface area contributed by atoms with E-state index < -0.39 is 6.10 Å². The molecule has 2 heterocycles. The minimum Gasteiger partial charge on any atom is -0.388 e. The van der Waals surface area contributed by atoms with Gasteiger partial charge in [-0.05, 0) is 38.5 Å². The predicted molar refractivity (Wildman–Crippen MR) is 69.2 cm³/mol. The van der Waals surface area contributed by atoms with E-state index in [1.807, 2.05) is 38.3 Å². The van der Waals surface area contributed by atoms with Crippen molar-refractivity contribution in [3.63, 3.8) is 0 Å². The van der Waals surface area contributed by atoms with Crippen molar-refractivity contribution < 1.29 is 5.11 Å². The van der Waals surface area contributed by atoms with Gasteiger partial charge < -0.3 is 5.11 Å². The van der Waals surface area contributed by atoms with Gasteiger partial charge in [0.25, 0.3) is 0 Å². The number of thiazole rings is 1. The van der Waals surface area contributed by atoms with Crippen LogP contribution in [0.5, 0.6) is 0 Å². The second kappa shape index (κ2) is 4.94. The van der Waals surface area contributed by atoms with Crippen LogP contribution in [0.2, 0.25) is 0 Å². The van der Waals surface area contributed by atoms with Crippen molar-refractivity contribution in [1.82, 2.24) is 9.97 Å². The van der Waals surface area contributed by atoms with E-state index in [-0.39, 0.29) is 0 Å². The molecule has 0 fully saturated rings. The Morgan fingerprint density at radius 1 is 1.12 bits per heavy atom. The summed E-state index contributed by atoms with van der Waals surface area (Å²) in [6.07, 6.45) is 0.0717. The van der Waals surface area contributed by atoms with Gasteiger partial charge >= 0.3 is 0 Å². The molecule has 2 aromatic rings. The normalized spacial score (nSPS) is 12.7. The maximum absolute atomic E-state index is 10.2. The van der Waals surface area contributed by atoms with Crippen LogP contribution in [0, 0.1) is 20.8 Å². The number of rotatable bonds is 3. The molecule has 0 amide bonds. The summed E-state index contributed by atoms with van der Waals surface area (Å²) in [6.45, 7) is 5.85.